The van der Waals surface area contributed by atoms with Gasteiger partial charge < -0.3 is 15.0 Å². The van der Waals surface area contributed by atoms with Crippen molar-refractivity contribution in [2.45, 2.75) is 51.7 Å². The number of nitrogens with zero attached hydrogens (tertiary/aromatic N) is 4. The number of carbonyl (C=O) groups is 1. The van der Waals surface area contributed by atoms with Crippen LogP contribution in [0.1, 0.15) is 64.5 Å². The van der Waals surface area contributed by atoms with E-state index < -0.39 is 0 Å². The average Bonchev–Trinajstić information content (AvgIpc) is 3.61. The number of fused-ring (bicyclic) bond motifs is 1. The zero-order valence-corrected chi connectivity index (χ0v) is 23.4. The maximum atomic E-state index is 12.9. The molecule has 0 radical (unpaired) electrons. The Labute approximate surface area is 234 Å². The largest absolute Gasteiger partial charge is 0.496 e. The van der Waals surface area contributed by atoms with E-state index in [-0.39, 0.29) is 23.3 Å². The quantitative estimate of drug-likeness (QED) is 0.329. The lowest BCUT2D eigenvalue weighted by molar-refractivity contribution is -0.0298. The lowest BCUT2D eigenvalue weighted by Gasteiger charge is -2.53. The summed E-state index contributed by atoms with van der Waals surface area (Å²) in [4.78, 5) is 18.8. The van der Waals surface area contributed by atoms with E-state index >= 15 is 0 Å². The average molecular weight is 537 g/mol. The van der Waals surface area contributed by atoms with E-state index in [4.69, 9.17) is 4.74 Å². The Bertz CT molecular complexity index is 1570. The number of hydrogen-bond donors (Lipinski definition) is 2. The van der Waals surface area contributed by atoms with Crippen LogP contribution in [0.2, 0.25) is 0 Å². The second-order valence-electron chi connectivity index (χ2n) is 11.6. The molecule has 6 rings (SSSR count). The molecule has 1 spiro atoms. The number of carbonyl (C=O) groups excluding carboxylic acids is 1. The summed E-state index contributed by atoms with van der Waals surface area (Å²) in [6, 6.07) is 16.9. The van der Waals surface area contributed by atoms with E-state index in [1.165, 1.54) is 22.1 Å². The van der Waals surface area contributed by atoms with E-state index in [2.05, 4.69) is 57.6 Å². The topological polar surface area (TPSA) is 99.0 Å². The number of aromatic nitrogens is 3. The van der Waals surface area contributed by atoms with Crippen molar-refractivity contribution in [2.75, 3.05) is 13.7 Å². The molecule has 2 fully saturated rings. The number of methoxy groups -OCH3 is 1. The van der Waals surface area contributed by atoms with E-state index in [0.29, 0.717) is 12.1 Å². The standard InChI is InChI=1S/C32H36N6O2/c1-21-14-29(40-3)27(26-9-11-34-30(21)26)20-38-13-10-32(15-22(16-32)18-33)17-28(38)23-4-6-24(7-5-23)31(39)35-19-25-8-12-36-37(25)2/h4-9,11-12,14,22,28,34H,10,13,15-17,19-20H2,1-3H3,(H,35,39). The van der Waals surface area contributed by atoms with E-state index in [9.17, 15) is 10.1 Å². The van der Waals surface area contributed by atoms with Crippen molar-refractivity contribution < 1.29 is 9.53 Å². The molecule has 1 atom stereocenters. The van der Waals surface area contributed by atoms with Crippen LogP contribution in [0.4, 0.5) is 0 Å². The molecular weight excluding hydrogens is 500 g/mol. The number of aryl methyl sites for hydroxylation is 2. The van der Waals surface area contributed by atoms with Crippen molar-refractivity contribution in [3.8, 4) is 11.8 Å². The van der Waals surface area contributed by atoms with Gasteiger partial charge in [0.25, 0.3) is 5.91 Å². The summed E-state index contributed by atoms with van der Waals surface area (Å²) in [7, 11) is 3.61. The van der Waals surface area contributed by atoms with Gasteiger partial charge in [-0.15, -0.1) is 0 Å². The second kappa shape index (κ2) is 10.5. The van der Waals surface area contributed by atoms with Crippen molar-refractivity contribution in [3.63, 3.8) is 0 Å². The first-order chi connectivity index (χ1) is 19.4. The number of benzene rings is 2. The smallest absolute Gasteiger partial charge is 0.251 e. The predicted molar refractivity (Wildman–Crippen MR) is 154 cm³/mol. The van der Waals surface area contributed by atoms with Gasteiger partial charge in [0.1, 0.15) is 5.75 Å². The van der Waals surface area contributed by atoms with Crippen molar-refractivity contribution in [3.05, 3.63) is 82.8 Å². The Balaban J connectivity index is 1.26. The molecule has 2 aromatic carbocycles. The predicted octanol–water partition coefficient (Wildman–Crippen LogP) is 5.41. The number of aromatic amines is 1. The third kappa shape index (κ3) is 4.75. The molecule has 40 heavy (non-hydrogen) atoms. The van der Waals surface area contributed by atoms with Gasteiger partial charge in [0, 0.05) is 60.0 Å². The molecule has 1 saturated carbocycles. The van der Waals surface area contributed by atoms with Crippen LogP contribution >= 0.6 is 0 Å². The molecule has 1 aliphatic heterocycles. The Morgan fingerprint density at radius 3 is 2.73 bits per heavy atom. The molecule has 0 bridgehead atoms. The first-order valence-corrected chi connectivity index (χ1v) is 14.0. The van der Waals surface area contributed by atoms with E-state index in [1.54, 1.807) is 18.0 Å². The number of hydrogen-bond acceptors (Lipinski definition) is 5. The maximum Gasteiger partial charge on any atom is 0.251 e. The van der Waals surface area contributed by atoms with Gasteiger partial charge in [-0.1, -0.05) is 12.1 Å². The summed E-state index contributed by atoms with van der Waals surface area (Å²) in [6.45, 7) is 4.27. The van der Waals surface area contributed by atoms with Gasteiger partial charge in [-0.05, 0) is 86.0 Å². The first kappa shape index (κ1) is 26.1. The minimum absolute atomic E-state index is 0.0974. The summed E-state index contributed by atoms with van der Waals surface area (Å²) >= 11 is 0. The molecule has 4 aromatic rings. The molecule has 206 valence electrons. The van der Waals surface area contributed by atoms with E-state index in [1.807, 2.05) is 31.4 Å². The van der Waals surface area contributed by atoms with Crippen LogP contribution in [0, 0.1) is 29.6 Å². The zero-order chi connectivity index (χ0) is 27.9. The second-order valence-corrected chi connectivity index (χ2v) is 11.6. The fourth-order valence-corrected chi connectivity index (χ4v) is 6.83. The van der Waals surface area contributed by atoms with Gasteiger partial charge in [0.15, 0.2) is 0 Å². The highest BCUT2D eigenvalue weighted by molar-refractivity contribution is 5.94. The normalized spacial score (nSPS) is 22.6. The highest BCUT2D eigenvalue weighted by atomic mass is 16.5. The molecule has 1 aliphatic carbocycles. The summed E-state index contributed by atoms with van der Waals surface area (Å²) < 4.78 is 7.62. The monoisotopic (exact) mass is 536 g/mol. The van der Waals surface area contributed by atoms with Crippen LogP contribution in [0.3, 0.4) is 0 Å². The van der Waals surface area contributed by atoms with Gasteiger partial charge in [-0.25, -0.2) is 0 Å². The molecule has 1 unspecified atom stereocenters. The molecule has 2 N–H and O–H groups in total. The van der Waals surface area contributed by atoms with Crippen LogP contribution in [0.25, 0.3) is 10.9 Å². The summed E-state index contributed by atoms with van der Waals surface area (Å²) in [5, 5.41) is 17.8. The molecule has 1 saturated heterocycles. The van der Waals surface area contributed by atoms with Gasteiger partial charge in [0.2, 0.25) is 0 Å². The van der Waals surface area contributed by atoms with E-state index in [0.717, 1.165) is 55.7 Å². The van der Waals surface area contributed by atoms with Crippen LogP contribution in [-0.2, 0) is 20.1 Å². The van der Waals surface area contributed by atoms with Crippen LogP contribution in [0.5, 0.6) is 5.75 Å². The number of rotatable bonds is 7. The molecule has 8 heteroatoms. The Kier molecular flexibility index (Phi) is 6.85. The summed E-state index contributed by atoms with van der Waals surface area (Å²) in [5.41, 5.74) is 6.54. The molecule has 2 aromatic heterocycles. The van der Waals surface area contributed by atoms with Crippen LogP contribution in [-0.4, -0.2) is 39.2 Å². The Hall–Kier alpha value is -4.09. The van der Waals surface area contributed by atoms with Gasteiger partial charge in [0.05, 0.1) is 25.4 Å². The first-order valence-electron chi connectivity index (χ1n) is 14.0. The number of nitriles is 1. The summed E-state index contributed by atoms with van der Waals surface area (Å²) in [6.07, 6.45) is 7.81. The number of ether oxygens (including phenoxy) is 1. The molecular formula is C32H36N6O2. The van der Waals surface area contributed by atoms with Gasteiger partial charge in [-0.3, -0.25) is 14.4 Å². The fraction of sp³-hybridized carbons (Fsp3) is 0.406. The molecule has 2 aliphatic rings. The minimum Gasteiger partial charge on any atom is -0.496 e. The van der Waals surface area contributed by atoms with Crippen LogP contribution in [0.15, 0.2) is 54.9 Å². The van der Waals surface area contributed by atoms with Crippen molar-refractivity contribution in [1.29, 1.82) is 5.26 Å². The number of piperidine rings is 1. The van der Waals surface area contributed by atoms with Crippen molar-refractivity contribution in [2.24, 2.45) is 18.4 Å². The highest BCUT2D eigenvalue weighted by Gasteiger charge is 2.49. The third-order valence-electron chi connectivity index (χ3n) is 9.14. The number of nitrogens with one attached hydrogen (secondary N) is 2. The van der Waals surface area contributed by atoms with Crippen LogP contribution < -0.4 is 10.1 Å². The summed E-state index contributed by atoms with van der Waals surface area (Å²) in [5.74, 6) is 0.992. The highest BCUT2D eigenvalue weighted by Crippen LogP contribution is 2.56. The van der Waals surface area contributed by atoms with Crippen molar-refractivity contribution in [1.82, 2.24) is 25.0 Å². The SMILES string of the molecule is COc1cc(C)c2[nH]ccc2c1CN1CCC2(CC(C#N)C2)CC1c1ccc(C(=O)NCc2ccnn2C)cc1. The third-order valence-corrected chi connectivity index (χ3v) is 9.14. The van der Waals surface area contributed by atoms with Gasteiger partial charge >= 0.3 is 0 Å². The number of amides is 1. The maximum absolute atomic E-state index is 12.9. The Morgan fingerprint density at radius 2 is 2.02 bits per heavy atom. The fourth-order valence-electron chi connectivity index (χ4n) is 6.83. The lowest BCUT2D eigenvalue weighted by atomic mass is 9.56. The lowest BCUT2D eigenvalue weighted by Crippen LogP contribution is -2.48. The zero-order valence-electron chi connectivity index (χ0n) is 23.4. The molecule has 3 heterocycles. The molecule has 1 amide bonds. The molecule has 8 nitrogen and oxygen atoms in total. The van der Waals surface area contributed by atoms with Crippen molar-refractivity contribution >= 4 is 16.8 Å². The number of H-pyrrole nitrogens is 1. The Morgan fingerprint density at radius 1 is 1.23 bits per heavy atom. The van der Waals surface area contributed by atoms with Gasteiger partial charge in [-0.2, -0.15) is 10.4 Å². The minimum atomic E-state index is -0.0974. The number of likely N-dealkylation sites (tertiary alicyclic amines) is 1.